The van der Waals surface area contributed by atoms with Crippen molar-refractivity contribution in [2.24, 2.45) is 5.92 Å². The first-order valence-electron chi connectivity index (χ1n) is 9.26. The average molecular weight is 321 g/mol. The van der Waals surface area contributed by atoms with Crippen molar-refractivity contribution in [2.75, 3.05) is 13.7 Å². The van der Waals surface area contributed by atoms with Crippen LogP contribution in [0.3, 0.4) is 0 Å². The molecule has 126 valence electrons. The van der Waals surface area contributed by atoms with Crippen LogP contribution in [0.2, 0.25) is 0 Å². The van der Waals surface area contributed by atoms with E-state index in [0.29, 0.717) is 0 Å². The quantitative estimate of drug-likeness (QED) is 0.787. The zero-order chi connectivity index (χ0) is 16.4. The van der Waals surface area contributed by atoms with Crippen molar-refractivity contribution in [3.8, 4) is 5.75 Å². The van der Waals surface area contributed by atoms with E-state index >= 15 is 0 Å². The fourth-order valence-corrected chi connectivity index (χ4v) is 5.07. The normalized spacial score (nSPS) is 27.0. The molecule has 0 unspecified atom stereocenters. The lowest BCUT2D eigenvalue weighted by Crippen LogP contribution is -2.51. The molecule has 4 rings (SSSR count). The van der Waals surface area contributed by atoms with Crippen LogP contribution in [0.5, 0.6) is 5.75 Å². The topological polar surface area (TPSA) is 12.5 Å². The van der Waals surface area contributed by atoms with Crippen LogP contribution in [0, 0.1) is 5.92 Å². The summed E-state index contributed by atoms with van der Waals surface area (Å²) in [7, 11) is 1.77. The molecule has 2 aromatic carbocycles. The maximum Gasteiger partial charge on any atom is 0.119 e. The van der Waals surface area contributed by atoms with Gasteiger partial charge in [-0.15, -0.1) is 0 Å². The number of fused-ring (bicyclic) bond motifs is 1. The Morgan fingerprint density at radius 3 is 2.71 bits per heavy atom. The van der Waals surface area contributed by atoms with Gasteiger partial charge in [0, 0.05) is 12.1 Å². The van der Waals surface area contributed by atoms with E-state index in [-0.39, 0.29) is 5.54 Å². The van der Waals surface area contributed by atoms with Gasteiger partial charge in [0.15, 0.2) is 0 Å². The number of piperidine rings is 1. The lowest BCUT2D eigenvalue weighted by atomic mass is 9.74. The van der Waals surface area contributed by atoms with Crippen LogP contribution >= 0.6 is 0 Å². The molecule has 0 bridgehead atoms. The molecule has 1 aliphatic heterocycles. The van der Waals surface area contributed by atoms with Crippen molar-refractivity contribution in [1.82, 2.24) is 4.90 Å². The number of hydrogen-bond acceptors (Lipinski definition) is 2. The molecule has 24 heavy (non-hydrogen) atoms. The fourth-order valence-electron chi connectivity index (χ4n) is 5.07. The molecule has 1 heterocycles. The number of benzene rings is 2. The lowest BCUT2D eigenvalue weighted by molar-refractivity contribution is 0.00238. The van der Waals surface area contributed by atoms with Crippen LogP contribution in [0.1, 0.15) is 43.2 Å². The Morgan fingerprint density at radius 2 is 1.88 bits per heavy atom. The highest BCUT2D eigenvalue weighted by Gasteiger charge is 2.50. The Labute approximate surface area is 145 Å². The molecule has 0 radical (unpaired) electrons. The summed E-state index contributed by atoms with van der Waals surface area (Å²) in [5.74, 6) is 1.76. The van der Waals surface area contributed by atoms with Gasteiger partial charge in [0.2, 0.25) is 0 Å². The molecular formula is C22H27NO. The third-order valence-electron chi connectivity index (χ3n) is 6.12. The molecule has 2 aromatic rings. The summed E-state index contributed by atoms with van der Waals surface area (Å²) >= 11 is 0. The van der Waals surface area contributed by atoms with E-state index in [9.17, 15) is 0 Å². The molecule has 2 atom stereocenters. The summed E-state index contributed by atoms with van der Waals surface area (Å²) in [5, 5.41) is 0. The van der Waals surface area contributed by atoms with E-state index in [1.807, 2.05) is 0 Å². The van der Waals surface area contributed by atoms with Crippen LogP contribution in [-0.4, -0.2) is 18.6 Å². The van der Waals surface area contributed by atoms with Gasteiger partial charge in [-0.2, -0.15) is 0 Å². The van der Waals surface area contributed by atoms with E-state index < -0.39 is 0 Å². The van der Waals surface area contributed by atoms with Crippen molar-refractivity contribution >= 4 is 0 Å². The van der Waals surface area contributed by atoms with Crippen LogP contribution < -0.4 is 4.74 Å². The minimum Gasteiger partial charge on any atom is -0.497 e. The highest BCUT2D eigenvalue weighted by atomic mass is 16.5. The summed E-state index contributed by atoms with van der Waals surface area (Å²) in [6, 6.07) is 19.8. The number of nitrogens with zero attached hydrogens (tertiary/aromatic N) is 1. The van der Waals surface area contributed by atoms with Crippen LogP contribution in [-0.2, 0) is 12.1 Å². The van der Waals surface area contributed by atoms with E-state index in [2.05, 4.69) is 59.5 Å². The highest BCUT2D eigenvalue weighted by molar-refractivity contribution is 5.36. The van der Waals surface area contributed by atoms with Crippen molar-refractivity contribution < 1.29 is 4.74 Å². The Morgan fingerprint density at radius 1 is 1.04 bits per heavy atom. The lowest BCUT2D eigenvalue weighted by Gasteiger charge is -2.50. The number of rotatable bonds is 4. The first-order chi connectivity index (χ1) is 11.8. The first-order valence-corrected chi connectivity index (χ1v) is 9.26. The summed E-state index contributed by atoms with van der Waals surface area (Å²) in [5.41, 5.74) is 3.08. The predicted octanol–water partition coefficient (Wildman–Crippen LogP) is 4.99. The minimum absolute atomic E-state index is 0.197. The summed E-state index contributed by atoms with van der Waals surface area (Å²) in [6.45, 7) is 2.25. The van der Waals surface area contributed by atoms with Gasteiger partial charge in [-0.25, -0.2) is 0 Å². The van der Waals surface area contributed by atoms with Crippen LogP contribution in [0.4, 0.5) is 0 Å². The molecule has 0 aromatic heterocycles. The second-order valence-corrected chi connectivity index (χ2v) is 7.29. The van der Waals surface area contributed by atoms with E-state index in [1.165, 1.54) is 49.8 Å². The molecular weight excluding hydrogens is 294 g/mol. The van der Waals surface area contributed by atoms with Gasteiger partial charge in [-0.05, 0) is 61.4 Å². The molecule has 1 aliphatic carbocycles. The zero-order valence-electron chi connectivity index (χ0n) is 14.6. The zero-order valence-corrected chi connectivity index (χ0v) is 14.6. The summed E-state index contributed by atoms with van der Waals surface area (Å²) < 4.78 is 5.53. The first kappa shape index (κ1) is 15.7. The Balaban J connectivity index is 1.73. The molecule has 2 aliphatic rings. The predicted molar refractivity (Wildman–Crippen MR) is 98.1 cm³/mol. The number of hydrogen-bond donors (Lipinski definition) is 0. The Bertz CT molecular complexity index is 683. The number of likely N-dealkylation sites (tertiary alicyclic amines) is 1. The molecule has 0 amide bonds. The van der Waals surface area contributed by atoms with Gasteiger partial charge >= 0.3 is 0 Å². The van der Waals surface area contributed by atoms with E-state index in [4.69, 9.17) is 4.74 Å². The van der Waals surface area contributed by atoms with Gasteiger partial charge in [0.1, 0.15) is 5.75 Å². The standard InChI is InChI=1S/C22H27NO/c1-24-21-13-5-10-20(16-21)22-14-6-11-19(22)12-7-15-23(22)17-18-8-3-2-4-9-18/h2-5,8-10,13,16,19H,6-7,11-12,14-15,17H2,1H3/t19-,22-/m0/s1. The molecule has 2 fully saturated rings. The molecule has 0 spiro atoms. The largest absolute Gasteiger partial charge is 0.497 e. The molecule has 0 N–H and O–H groups in total. The molecule has 2 heteroatoms. The van der Waals surface area contributed by atoms with Gasteiger partial charge in [-0.3, -0.25) is 4.90 Å². The number of methoxy groups -OCH3 is 1. The van der Waals surface area contributed by atoms with Crippen molar-refractivity contribution in [2.45, 2.75) is 44.2 Å². The van der Waals surface area contributed by atoms with Crippen molar-refractivity contribution in [1.29, 1.82) is 0 Å². The second kappa shape index (κ2) is 6.60. The van der Waals surface area contributed by atoms with Crippen LogP contribution in [0.15, 0.2) is 54.6 Å². The average Bonchev–Trinajstić information content (AvgIpc) is 3.09. The molecule has 1 saturated carbocycles. The number of ether oxygens (including phenoxy) is 1. The fraction of sp³-hybridized carbons (Fsp3) is 0.455. The SMILES string of the molecule is COc1cccc([C@]23CCC[C@H]2CCCN3Cc2ccccc2)c1. The smallest absolute Gasteiger partial charge is 0.119 e. The monoisotopic (exact) mass is 321 g/mol. The third kappa shape index (κ3) is 2.63. The third-order valence-corrected chi connectivity index (χ3v) is 6.12. The van der Waals surface area contributed by atoms with E-state index in [0.717, 1.165) is 18.2 Å². The van der Waals surface area contributed by atoms with Crippen molar-refractivity contribution in [3.63, 3.8) is 0 Å². The van der Waals surface area contributed by atoms with Gasteiger partial charge in [0.05, 0.1) is 7.11 Å². The Hall–Kier alpha value is -1.80. The maximum atomic E-state index is 5.53. The summed E-state index contributed by atoms with van der Waals surface area (Å²) in [4.78, 5) is 2.76. The second-order valence-electron chi connectivity index (χ2n) is 7.29. The van der Waals surface area contributed by atoms with Crippen molar-refractivity contribution in [3.05, 3.63) is 65.7 Å². The Kier molecular flexibility index (Phi) is 4.32. The van der Waals surface area contributed by atoms with Gasteiger partial charge < -0.3 is 4.74 Å². The maximum absolute atomic E-state index is 5.53. The van der Waals surface area contributed by atoms with E-state index in [1.54, 1.807) is 7.11 Å². The highest BCUT2D eigenvalue weighted by Crippen LogP contribution is 2.53. The summed E-state index contributed by atoms with van der Waals surface area (Å²) in [6.07, 6.45) is 6.67. The minimum atomic E-state index is 0.197. The van der Waals surface area contributed by atoms with Gasteiger partial charge in [0.25, 0.3) is 0 Å². The van der Waals surface area contributed by atoms with Crippen LogP contribution in [0.25, 0.3) is 0 Å². The molecule has 1 saturated heterocycles. The van der Waals surface area contributed by atoms with Gasteiger partial charge in [-0.1, -0.05) is 48.9 Å². The molecule has 2 nitrogen and oxygen atoms in total.